The van der Waals surface area contributed by atoms with E-state index in [4.69, 9.17) is 4.98 Å². The molecule has 0 amide bonds. The first-order chi connectivity index (χ1) is 12.7. The Morgan fingerprint density at radius 2 is 1.88 bits per heavy atom. The summed E-state index contributed by atoms with van der Waals surface area (Å²) in [4.78, 5) is 13.4. The van der Waals surface area contributed by atoms with Gasteiger partial charge in [0.2, 0.25) is 0 Å². The molecule has 4 nitrogen and oxygen atoms in total. The smallest absolute Gasteiger partial charge is 0.0925 e. The van der Waals surface area contributed by atoms with E-state index in [1.807, 2.05) is 6.33 Å². The summed E-state index contributed by atoms with van der Waals surface area (Å²) in [6.07, 6.45) is 6.71. The van der Waals surface area contributed by atoms with Crippen LogP contribution in [0.1, 0.15) is 49.7 Å². The predicted molar refractivity (Wildman–Crippen MR) is 106 cm³/mol. The SMILES string of the molecule is CC(C)N1CCC(CN2CCc3[nH]cnc3C2Cc2ccccc2)CC1. The van der Waals surface area contributed by atoms with Gasteiger partial charge in [-0.1, -0.05) is 30.3 Å². The van der Waals surface area contributed by atoms with Gasteiger partial charge >= 0.3 is 0 Å². The van der Waals surface area contributed by atoms with Crippen molar-refractivity contribution in [2.24, 2.45) is 5.92 Å². The van der Waals surface area contributed by atoms with Crippen LogP contribution in [0.3, 0.4) is 0 Å². The van der Waals surface area contributed by atoms with E-state index in [0.29, 0.717) is 12.1 Å². The van der Waals surface area contributed by atoms with E-state index in [1.165, 1.54) is 49.4 Å². The van der Waals surface area contributed by atoms with Gasteiger partial charge in [-0.15, -0.1) is 0 Å². The Labute approximate surface area is 157 Å². The van der Waals surface area contributed by atoms with E-state index in [9.17, 15) is 0 Å². The zero-order valence-electron chi connectivity index (χ0n) is 16.2. The number of nitrogens with zero attached hydrogens (tertiary/aromatic N) is 3. The van der Waals surface area contributed by atoms with E-state index in [2.05, 4.69) is 59.0 Å². The van der Waals surface area contributed by atoms with Gasteiger partial charge in [-0.05, 0) is 57.7 Å². The molecule has 1 atom stereocenters. The zero-order valence-corrected chi connectivity index (χ0v) is 16.2. The molecule has 1 fully saturated rings. The standard InChI is InChI=1S/C22H32N4/c1-17(2)25-11-8-19(9-12-25)15-26-13-10-20-22(24-16-23-20)21(26)14-18-6-4-3-5-7-18/h3-7,16-17,19,21H,8-15H2,1-2H3,(H,23,24). The molecule has 2 aliphatic rings. The van der Waals surface area contributed by atoms with Crippen LogP contribution in [0.4, 0.5) is 0 Å². The van der Waals surface area contributed by atoms with Gasteiger partial charge in [0.15, 0.2) is 0 Å². The van der Waals surface area contributed by atoms with Gasteiger partial charge in [0.05, 0.1) is 18.1 Å². The Morgan fingerprint density at radius 1 is 1.12 bits per heavy atom. The van der Waals surface area contributed by atoms with Crippen LogP contribution in [0.25, 0.3) is 0 Å². The highest BCUT2D eigenvalue weighted by Gasteiger charge is 2.32. The number of nitrogens with one attached hydrogen (secondary N) is 1. The molecule has 0 saturated carbocycles. The number of aromatic nitrogens is 2. The van der Waals surface area contributed by atoms with Crippen LogP contribution in [-0.2, 0) is 12.8 Å². The first kappa shape index (κ1) is 17.7. The van der Waals surface area contributed by atoms with Crippen molar-refractivity contribution >= 4 is 0 Å². The fourth-order valence-corrected chi connectivity index (χ4v) is 4.67. The topological polar surface area (TPSA) is 35.2 Å². The molecule has 0 radical (unpaired) electrons. The summed E-state index contributed by atoms with van der Waals surface area (Å²) in [6, 6.07) is 12.0. The number of imidazole rings is 1. The molecule has 1 unspecified atom stereocenters. The Balaban J connectivity index is 1.46. The highest BCUT2D eigenvalue weighted by Crippen LogP contribution is 2.32. The summed E-state index contributed by atoms with van der Waals surface area (Å²) in [5, 5.41) is 0. The number of H-pyrrole nitrogens is 1. The molecule has 4 heteroatoms. The first-order valence-electron chi connectivity index (χ1n) is 10.2. The van der Waals surface area contributed by atoms with E-state index in [-0.39, 0.29) is 0 Å². The molecule has 2 aliphatic heterocycles. The second-order valence-corrected chi connectivity index (χ2v) is 8.29. The highest BCUT2D eigenvalue weighted by atomic mass is 15.2. The second-order valence-electron chi connectivity index (χ2n) is 8.29. The molecular weight excluding hydrogens is 320 g/mol. The minimum Gasteiger partial charge on any atom is -0.348 e. The zero-order chi connectivity index (χ0) is 17.9. The summed E-state index contributed by atoms with van der Waals surface area (Å²) >= 11 is 0. The van der Waals surface area contributed by atoms with Gasteiger partial charge < -0.3 is 9.88 Å². The summed E-state index contributed by atoms with van der Waals surface area (Å²) in [6.45, 7) is 9.52. The van der Waals surface area contributed by atoms with Gasteiger partial charge in [-0.25, -0.2) is 4.98 Å². The number of aromatic amines is 1. The molecule has 2 aromatic rings. The number of hydrogen-bond donors (Lipinski definition) is 1. The normalized spacial score (nSPS) is 22.7. The molecule has 0 spiro atoms. The van der Waals surface area contributed by atoms with Crippen molar-refractivity contribution in [3.05, 3.63) is 53.6 Å². The number of fused-ring (bicyclic) bond motifs is 1. The third kappa shape index (κ3) is 3.86. The van der Waals surface area contributed by atoms with Crippen molar-refractivity contribution in [2.75, 3.05) is 26.2 Å². The molecule has 4 rings (SSSR count). The van der Waals surface area contributed by atoms with Gasteiger partial charge in [0.25, 0.3) is 0 Å². The van der Waals surface area contributed by atoms with Crippen molar-refractivity contribution in [1.29, 1.82) is 0 Å². The molecule has 26 heavy (non-hydrogen) atoms. The van der Waals surface area contributed by atoms with Crippen LogP contribution in [-0.4, -0.2) is 52.0 Å². The van der Waals surface area contributed by atoms with Crippen molar-refractivity contribution in [1.82, 2.24) is 19.8 Å². The fraction of sp³-hybridized carbons (Fsp3) is 0.591. The van der Waals surface area contributed by atoms with Crippen molar-refractivity contribution in [3.63, 3.8) is 0 Å². The lowest BCUT2D eigenvalue weighted by Crippen LogP contribution is -2.44. The number of benzene rings is 1. The predicted octanol–water partition coefficient (Wildman–Crippen LogP) is 3.67. The maximum Gasteiger partial charge on any atom is 0.0925 e. The van der Waals surface area contributed by atoms with E-state index >= 15 is 0 Å². The van der Waals surface area contributed by atoms with Crippen molar-refractivity contribution < 1.29 is 0 Å². The van der Waals surface area contributed by atoms with Gasteiger partial charge in [-0.2, -0.15) is 0 Å². The molecule has 1 aromatic heterocycles. The lowest BCUT2D eigenvalue weighted by Gasteiger charge is -2.40. The maximum atomic E-state index is 4.71. The van der Waals surface area contributed by atoms with E-state index in [0.717, 1.165) is 25.3 Å². The highest BCUT2D eigenvalue weighted by molar-refractivity contribution is 5.24. The summed E-state index contributed by atoms with van der Waals surface area (Å²) in [5.41, 5.74) is 4.03. The third-order valence-corrected chi connectivity index (χ3v) is 6.30. The summed E-state index contributed by atoms with van der Waals surface area (Å²) in [5.74, 6) is 0.823. The molecular formula is C22H32N4. The van der Waals surface area contributed by atoms with Crippen LogP contribution in [0.5, 0.6) is 0 Å². The number of hydrogen-bond acceptors (Lipinski definition) is 3. The molecule has 140 valence electrons. The fourth-order valence-electron chi connectivity index (χ4n) is 4.67. The Bertz CT molecular complexity index is 685. The lowest BCUT2D eigenvalue weighted by molar-refractivity contribution is 0.0965. The van der Waals surface area contributed by atoms with Gasteiger partial charge in [0.1, 0.15) is 0 Å². The molecule has 0 aliphatic carbocycles. The van der Waals surface area contributed by atoms with Gasteiger partial charge in [0, 0.05) is 31.2 Å². The van der Waals surface area contributed by atoms with E-state index < -0.39 is 0 Å². The summed E-state index contributed by atoms with van der Waals surface area (Å²) < 4.78 is 0. The van der Waals surface area contributed by atoms with Crippen molar-refractivity contribution in [3.8, 4) is 0 Å². The van der Waals surface area contributed by atoms with Crippen LogP contribution in [0, 0.1) is 5.92 Å². The Hall–Kier alpha value is -1.65. The van der Waals surface area contributed by atoms with Crippen molar-refractivity contribution in [2.45, 2.75) is 51.6 Å². The van der Waals surface area contributed by atoms with Crippen LogP contribution >= 0.6 is 0 Å². The van der Waals surface area contributed by atoms with Crippen LogP contribution in [0.15, 0.2) is 36.7 Å². The second kappa shape index (κ2) is 7.93. The molecule has 0 bridgehead atoms. The minimum absolute atomic E-state index is 0.413. The number of piperidine rings is 1. The molecule has 1 aromatic carbocycles. The quantitative estimate of drug-likeness (QED) is 0.892. The number of likely N-dealkylation sites (tertiary alicyclic amines) is 1. The molecule has 3 heterocycles. The van der Waals surface area contributed by atoms with Crippen LogP contribution < -0.4 is 0 Å². The minimum atomic E-state index is 0.413. The molecule has 1 saturated heterocycles. The Morgan fingerprint density at radius 3 is 2.62 bits per heavy atom. The summed E-state index contributed by atoms with van der Waals surface area (Å²) in [7, 11) is 0. The van der Waals surface area contributed by atoms with E-state index in [1.54, 1.807) is 0 Å². The van der Waals surface area contributed by atoms with Gasteiger partial charge in [-0.3, -0.25) is 4.90 Å². The average Bonchev–Trinajstić information content (AvgIpc) is 3.14. The first-order valence-corrected chi connectivity index (χ1v) is 10.2. The monoisotopic (exact) mass is 352 g/mol. The van der Waals surface area contributed by atoms with Crippen LogP contribution in [0.2, 0.25) is 0 Å². The number of rotatable bonds is 5. The molecule has 1 N–H and O–H groups in total. The maximum absolute atomic E-state index is 4.71. The average molecular weight is 353 g/mol. The third-order valence-electron chi connectivity index (χ3n) is 6.30. The largest absolute Gasteiger partial charge is 0.348 e. The Kier molecular flexibility index (Phi) is 5.41. The lowest BCUT2D eigenvalue weighted by atomic mass is 9.91.